The summed E-state index contributed by atoms with van der Waals surface area (Å²) in [6.07, 6.45) is 0.782. The lowest BCUT2D eigenvalue weighted by Crippen LogP contribution is -2.41. The van der Waals surface area contributed by atoms with E-state index in [-0.39, 0.29) is 36.4 Å². The smallest absolute Gasteiger partial charge is 0.256 e. The number of rotatable bonds is 6. The second-order valence-corrected chi connectivity index (χ2v) is 8.89. The number of nitrogens with zero attached hydrogens (tertiary/aromatic N) is 1. The monoisotopic (exact) mass is 491 g/mol. The molecule has 36 heavy (non-hydrogen) atoms. The van der Waals surface area contributed by atoms with E-state index < -0.39 is 17.5 Å². The van der Waals surface area contributed by atoms with Gasteiger partial charge in [0.1, 0.15) is 11.6 Å². The SMILES string of the molecule is Cc1ccc(CNC(=O)c2ccccc2NC(=O)C2CCN(C(=O)c3ccc(F)cc3F)CC2)cc1. The van der Waals surface area contributed by atoms with Crippen molar-refractivity contribution in [2.24, 2.45) is 5.92 Å². The molecule has 0 radical (unpaired) electrons. The van der Waals surface area contributed by atoms with Gasteiger partial charge in [0.25, 0.3) is 11.8 Å². The Morgan fingerprint density at radius 2 is 1.61 bits per heavy atom. The fraction of sp³-hybridized carbons (Fsp3) is 0.250. The molecular formula is C28H27F2N3O3. The molecule has 0 unspecified atom stereocenters. The van der Waals surface area contributed by atoms with Gasteiger partial charge in [0.05, 0.1) is 16.8 Å². The van der Waals surface area contributed by atoms with Crippen LogP contribution in [0.5, 0.6) is 0 Å². The maximum absolute atomic E-state index is 14.0. The van der Waals surface area contributed by atoms with Crippen molar-refractivity contribution in [3.05, 3.63) is 101 Å². The molecule has 1 fully saturated rings. The Morgan fingerprint density at radius 1 is 0.917 bits per heavy atom. The zero-order valence-corrected chi connectivity index (χ0v) is 19.9. The van der Waals surface area contributed by atoms with Gasteiger partial charge in [-0.1, -0.05) is 42.0 Å². The number of hydrogen-bond donors (Lipinski definition) is 2. The van der Waals surface area contributed by atoms with Crippen LogP contribution in [0.4, 0.5) is 14.5 Å². The molecule has 0 aromatic heterocycles. The van der Waals surface area contributed by atoms with Gasteiger partial charge in [0.15, 0.2) is 0 Å². The van der Waals surface area contributed by atoms with Crippen LogP contribution in [0, 0.1) is 24.5 Å². The fourth-order valence-corrected chi connectivity index (χ4v) is 4.19. The normalized spacial score (nSPS) is 13.8. The average Bonchev–Trinajstić information content (AvgIpc) is 2.88. The van der Waals surface area contributed by atoms with Crippen molar-refractivity contribution in [3.63, 3.8) is 0 Å². The average molecular weight is 492 g/mol. The van der Waals surface area contributed by atoms with Crippen LogP contribution in [-0.2, 0) is 11.3 Å². The predicted octanol–water partition coefficient (Wildman–Crippen LogP) is 4.69. The first-order chi connectivity index (χ1) is 17.3. The zero-order valence-electron chi connectivity index (χ0n) is 19.9. The van der Waals surface area contributed by atoms with Crippen LogP contribution >= 0.6 is 0 Å². The number of carbonyl (C=O) groups is 3. The summed E-state index contributed by atoms with van der Waals surface area (Å²) in [5.74, 6) is -3.08. The van der Waals surface area contributed by atoms with Gasteiger partial charge >= 0.3 is 0 Å². The lowest BCUT2D eigenvalue weighted by atomic mass is 9.95. The highest BCUT2D eigenvalue weighted by Crippen LogP contribution is 2.23. The molecule has 0 atom stereocenters. The van der Waals surface area contributed by atoms with Crippen LogP contribution in [0.15, 0.2) is 66.7 Å². The van der Waals surface area contributed by atoms with Crippen molar-refractivity contribution in [2.75, 3.05) is 18.4 Å². The molecule has 3 amide bonds. The Morgan fingerprint density at radius 3 is 2.31 bits per heavy atom. The summed E-state index contributed by atoms with van der Waals surface area (Å²) in [5.41, 5.74) is 2.69. The molecule has 186 valence electrons. The van der Waals surface area contributed by atoms with Crippen LogP contribution in [0.25, 0.3) is 0 Å². The van der Waals surface area contributed by atoms with Gasteiger partial charge in [-0.2, -0.15) is 0 Å². The van der Waals surface area contributed by atoms with Gasteiger partial charge in [-0.15, -0.1) is 0 Å². The molecule has 1 heterocycles. The minimum Gasteiger partial charge on any atom is -0.348 e. The Labute approximate surface area is 208 Å². The van der Waals surface area contributed by atoms with E-state index in [1.54, 1.807) is 24.3 Å². The number of likely N-dealkylation sites (tertiary alicyclic amines) is 1. The number of aryl methyl sites for hydroxylation is 1. The number of nitrogens with one attached hydrogen (secondary N) is 2. The van der Waals surface area contributed by atoms with E-state index in [1.807, 2.05) is 31.2 Å². The quantitative estimate of drug-likeness (QED) is 0.525. The van der Waals surface area contributed by atoms with Gasteiger partial charge in [-0.05, 0) is 49.6 Å². The number of carbonyl (C=O) groups excluding carboxylic acids is 3. The molecule has 8 heteroatoms. The van der Waals surface area contributed by atoms with E-state index in [2.05, 4.69) is 10.6 Å². The van der Waals surface area contributed by atoms with Crippen molar-refractivity contribution in [2.45, 2.75) is 26.3 Å². The Hall–Kier alpha value is -4.07. The third-order valence-corrected chi connectivity index (χ3v) is 6.32. The molecule has 0 saturated carbocycles. The summed E-state index contributed by atoms with van der Waals surface area (Å²) < 4.78 is 27.1. The predicted molar refractivity (Wildman–Crippen MR) is 132 cm³/mol. The first-order valence-corrected chi connectivity index (χ1v) is 11.8. The lowest BCUT2D eigenvalue weighted by Gasteiger charge is -2.31. The minimum atomic E-state index is -0.905. The topological polar surface area (TPSA) is 78.5 Å². The molecular weight excluding hydrogens is 464 g/mol. The number of benzene rings is 3. The molecule has 1 saturated heterocycles. The molecule has 3 aromatic carbocycles. The van der Waals surface area contributed by atoms with Crippen molar-refractivity contribution >= 4 is 23.4 Å². The summed E-state index contributed by atoms with van der Waals surface area (Å²) in [4.78, 5) is 39.8. The van der Waals surface area contributed by atoms with E-state index in [9.17, 15) is 23.2 Å². The van der Waals surface area contributed by atoms with E-state index in [0.717, 1.165) is 23.3 Å². The van der Waals surface area contributed by atoms with E-state index in [0.29, 0.717) is 36.7 Å². The van der Waals surface area contributed by atoms with Gasteiger partial charge in [0, 0.05) is 31.6 Å². The van der Waals surface area contributed by atoms with Crippen LogP contribution < -0.4 is 10.6 Å². The minimum absolute atomic E-state index is 0.190. The third-order valence-electron chi connectivity index (χ3n) is 6.32. The molecule has 2 N–H and O–H groups in total. The zero-order chi connectivity index (χ0) is 25.7. The molecule has 0 bridgehead atoms. The first-order valence-electron chi connectivity index (χ1n) is 11.8. The van der Waals surface area contributed by atoms with Crippen molar-refractivity contribution < 1.29 is 23.2 Å². The molecule has 1 aliphatic heterocycles. The van der Waals surface area contributed by atoms with Gasteiger partial charge in [-0.25, -0.2) is 8.78 Å². The molecule has 0 aliphatic carbocycles. The Balaban J connectivity index is 1.34. The number of hydrogen-bond acceptors (Lipinski definition) is 3. The maximum atomic E-state index is 14.0. The van der Waals surface area contributed by atoms with E-state index >= 15 is 0 Å². The van der Waals surface area contributed by atoms with Gasteiger partial charge in [-0.3, -0.25) is 14.4 Å². The molecule has 4 rings (SSSR count). The van der Waals surface area contributed by atoms with E-state index in [4.69, 9.17) is 0 Å². The summed E-state index contributed by atoms with van der Waals surface area (Å²) >= 11 is 0. The molecule has 6 nitrogen and oxygen atoms in total. The van der Waals surface area contributed by atoms with Crippen LogP contribution in [-0.4, -0.2) is 35.7 Å². The van der Waals surface area contributed by atoms with Crippen molar-refractivity contribution in [1.29, 1.82) is 0 Å². The van der Waals surface area contributed by atoms with Crippen LogP contribution in [0.1, 0.15) is 44.7 Å². The number of piperidine rings is 1. The standard InChI is InChI=1S/C28H27F2N3O3/c1-18-6-8-19(9-7-18)17-31-27(35)23-4-2-3-5-25(23)32-26(34)20-12-14-33(15-13-20)28(36)22-11-10-21(29)16-24(22)30/h2-11,16,20H,12-15,17H2,1H3,(H,31,35)(H,32,34). The summed E-state index contributed by atoms with van der Waals surface area (Å²) in [5, 5.41) is 5.73. The van der Waals surface area contributed by atoms with E-state index in [1.165, 1.54) is 4.90 Å². The Bertz CT molecular complexity index is 1270. The molecule has 1 aliphatic rings. The van der Waals surface area contributed by atoms with Gasteiger partial charge < -0.3 is 15.5 Å². The molecule has 3 aromatic rings. The number of anilines is 1. The largest absolute Gasteiger partial charge is 0.348 e. The second kappa shape index (κ2) is 11.1. The van der Waals surface area contributed by atoms with Crippen molar-refractivity contribution in [1.82, 2.24) is 10.2 Å². The second-order valence-electron chi connectivity index (χ2n) is 8.89. The van der Waals surface area contributed by atoms with Crippen LogP contribution in [0.2, 0.25) is 0 Å². The third kappa shape index (κ3) is 5.94. The number of amides is 3. The lowest BCUT2D eigenvalue weighted by molar-refractivity contribution is -0.121. The number of halogens is 2. The Kier molecular flexibility index (Phi) is 7.73. The van der Waals surface area contributed by atoms with Crippen LogP contribution in [0.3, 0.4) is 0 Å². The van der Waals surface area contributed by atoms with Gasteiger partial charge in [0.2, 0.25) is 5.91 Å². The first kappa shape index (κ1) is 25.0. The summed E-state index contributed by atoms with van der Waals surface area (Å²) in [6.45, 7) is 2.90. The fourth-order valence-electron chi connectivity index (χ4n) is 4.19. The highest BCUT2D eigenvalue weighted by Gasteiger charge is 2.29. The highest BCUT2D eigenvalue weighted by atomic mass is 19.1. The number of para-hydroxylation sites is 1. The molecule has 0 spiro atoms. The summed E-state index contributed by atoms with van der Waals surface area (Å²) in [7, 11) is 0. The summed E-state index contributed by atoms with van der Waals surface area (Å²) in [6, 6.07) is 17.5. The maximum Gasteiger partial charge on any atom is 0.256 e. The van der Waals surface area contributed by atoms with Crippen molar-refractivity contribution in [3.8, 4) is 0 Å². The highest BCUT2D eigenvalue weighted by molar-refractivity contribution is 6.04.